The van der Waals surface area contributed by atoms with Gasteiger partial charge in [0.25, 0.3) is 0 Å². The maximum absolute atomic E-state index is 13.8. The van der Waals surface area contributed by atoms with E-state index in [4.69, 9.17) is 14.5 Å². The summed E-state index contributed by atoms with van der Waals surface area (Å²) in [4.78, 5) is 22.2. The van der Waals surface area contributed by atoms with Gasteiger partial charge in [0.1, 0.15) is 17.3 Å². The van der Waals surface area contributed by atoms with Crippen LogP contribution in [-0.4, -0.2) is 35.8 Å². The second-order valence-electron chi connectivity index (χ2n) is 9.60. The molecule has 0 unspecified atom stereocenters. The van der Waals surface area contributed by atoms with Gasteiger partial charge in [-0.2, -0.15) is 0 Å². The fourth-order valence-electron chi connectivity index (χ4n) is 5.66. The Morgan fingerprint density at radius 3 is 1.80 bits per heavy atom. The van der Waals surface area contributed by atoms with Gasteiger partial charge in [0.05, 0.1) is 48.2 Å². The molecular formula is C34H24N2O4. The van der Waals surface area contributed by atoms with Crippen LogP contribution in [0.2, 0.25) is 0 Å². The number of allylic oxidation sites excluding steroid dienone is 2. The van der Waals surface area contributed by atoms with Gasteiger partial charge in [-0.3, -0.25) is 4.79 Å². The summed E-state index contributed by atoms with van der Waals surface area (Å²) in [6, 6.07) is 30.9. The van der Waals surface area contributed by atoms with Gasteiger partial charge in [0, 0.05) is 33.0 Å². The van der Waals surface area contributed by atoms with E-state index in [1.165, 1.54) is 0 Å². The zero-order valence-electron chi connectivity index (χ0n) is 21.9. The molecule has 2 aliphatic rings. The minimum absolute atomic E-state index is 0.0709. The number of aromatic amines is 1. The molecule has 6 nitrogen and oxygen atoms in total. The number of Topliss-reactive ketones (excluding diaryl/α,β-unsaturated/α-hetero) is 1. The third kappa shape index (κ3) is 3.36. The fourth-order valence-corrected chi connectivity index (χ4v) is 5.66. The maximum atomic E-state index is 13.8. The highest BCUT2D eigenvalue weighted by atomic mass is 16.5. The molecule has 7 rings (SSSR count). The van der Waals surface area contributed by atoms with E-state index in [0.29, 0.717) is 28.6 Å². The highest BCUT2D eigenvalue weighted by molar-refractivity contribution is 6.43. The molecule has 5 aromatic rings. The molecular weight excluding hydrogens is 500 g/mol. The summed E-state index contributed by atoms with van der Waals surface area (Å²) in [5.41, 5.74) is 6.38. The first kappa shape index (κ1) is 23.7. The van der Waals surface area contributed by atoms with Crippen LogP contribution in [0.25, 0.3) is 33.3 Å². The summed E-state index contributed by atoms with van der Waals surface area (Å²) < 4.78 is 11.2. The average Bonchev–Trinajstić information content (AvgIpc) is 3.56. The quantitative estimate of drug-likeness (QED) is 0.243. The Morgan fingerprint density at radius 2 is 1.15 bits per heavy atom. The number of aromatic nitrogens is 1. The number of nitrogens with zero attached hydrogens (tertiary/aromatic N) is 1. The summed E-state index contributed by atoms with van der Waals surface area (Å²) in [6.45, 7) is 0. The monoisotopic (exact) mass is 524 g/mol. The number of methoxy groups -OCH3 is 2. The molecule has 194 valence electrons. The molecule has 0 fully saturated rings. The van der Waals surface area contributed by atoms with E-state index >= 15 is 0 Å². The molecule has 2 heterocycles. The SMILES string of the molecule is COc1ccccc1C1=N/C(=C2/C(=O)C(c3[nH]c(-c4ccccc4OC)c4ccccc34)=C2O)c2ccccc21. The first-order valence-corrected chi connectivity index (χ1v) is 12.9. The van der Waals surface area contributed by atoms with Gasteiger partial charge in [0.15, 0.2) is 0 Å². The number of ether oxygens (including phenoxy) is 2. The lowest BCUT2D eigenvalue weighted by Gasteiger charge is -2.22. The van der Waals surface area contributed by atoms with Crippen LogP contribution in [-0.2, 0) is 4.79 Å². The van der Waals surface area contributed by atoms with E-state index in [-0.39, 0.29) is 22.7 Å². The van der Waals surface area contributed by atoms with Crippen LogP contribution in [0, 0.1) is 0 Å². The van der Waals surface area contributed by atoms with Crippen molar-refractivity contribution in [2.75, 3.05) is 14.2 Å². The lowest BCUT2D eigenvalue weighted by Crippen LogP contribution is -2.22. The number of ketones is 1. The van der Waals surface area contributed by atoms with Crippen molar-refractivity contribution in [3.05, 3.63) is 131 Å². The third-order valence-electron chi connectivity index (χ3n) is 7.53. The van der Waals surface area contributed by atoms with Gasteiger partial charge in [-0.1, -0.05) is 72.8 Å². The predicted octanol–water partition coefficient (Wildman–Crippen LogP) is 6.97. The number of para-hydroxylation sites is 2. The van der Waals surface area contributed by atoms with Gasteiger partial charge < -0.3 is 19.6 Å². The van der Waals surface area contributed by atoms with Crippen LogP contribution in [0.4, 0.5) is 0 Å². The van der Waals surface area contributed by atoms with Gasteiger partial charge in [0.2, 0.25) is 5.78 Å². The molecule has 1 aliphatic carbocycles. The normalized spacial score (nSPS) is 16.1. The van der Waals surface area contributed by atoms with Crippen molar-refractivity contribution in [3.8, 4) is 22.8 Å². The number of rotatable bonds is 5. The zero-order valence-corrected chi connectivity index (χ0v) is 21.9. The number of H-pyrrole nitrogens is 1. The van der Waals surface area contributed by atoms with Crippen molar-refractivity contribution >= 4 is 33.5 Å². The summed E-state index contributed by atoms with van der Waals surface area (Å²) >= 11 is 0. The summed E-state index contributed by atoms with van der Waals surface area (Å²) in [6.07, 6.45) is 0. The largest absolute Gasteiger partial charge is 0.506 e. The van der Waals surface area contributed by atoms with E-state index in [0.717, 1.165) is 38.7 Å². The number of carbonyl (C=O) groups is 1. The van der Waals surface area contributed by atoms with E-state index in [1.807, 2.05) is 97.1 Å². The number of aliphatic hydroxyl groups is 1. The Balaban J connectivity index is 1.42. The first-order valence-electron chi connectivity index (χ1n) is 12.9. The molecule has 0 saturated carbocycles. The molecule has 0 radical (unpaired) electrons. The predicted molar refractivity (Wildman–Crippen MR) is 157 cm³/mol. The average molecular weight is 525 g/mol. The molecule has 4 aromatic carbocycles. The first-order chi connectivity index (χ1) is 19.6. The second-order valence-corrected chi connectivity index (χ2v) is 9.60. The number of aliphatic imine (C=N–C) groups is 1. The number of hydrogen-bond donors (Lipinski definition) is 2. The number of aliphatic hydroxyl groups excluding tert-OH is 1. The van der Waals surface area contributed by atoms with Crippen molar-refractivity contribution in [2.24, 2.45) is 4.99 Å². The van der Waals surface area contributed by atoms with Crippen LogP contribution in [0.15, 0.2) is 113 Å². The van der Waals surface area contributed by atoms with Crippen molar-refractivity contribution in [1.29, 1.82) is 0 Å². The van der Waals surface area contributed by atoms with Crippen molar-refractivity contribution in [1.82, 2.24) is 4.98 Å². The van der Waals surface area contributed by atoms with Crippen molar-refractivity contribution < 1.29 is 19.4 Å². The van der Waals surface area contributed by atoms with Gasteiger partial charge in [-0.05, 0) is 24.3 Å². The number of hydrogen-bond acceptors (Lipinski definition) is 5. The maximum Gasteiger partial charge on any atom is 0.204 e. The summed E-state index contributed by atoms with van der Waals surface area (Å²) in [7, 11) is 3.25. The van der Waals surface area contributed by atoms with Crippen LogP contribution >= 0.6 is 0 Å². The number of benzene rings is 4. The van der Waals surface area contributed by atoms with Crippen LogP contribution < -0.4 is 9.47 Å². The van der Waals surface area contributed by atoms with Gasteiger partial charge in [-0.25, -0.2) is 4.99 Å². The number of nitrogens with one attached hydrogen (secondary N) is 1. The molecule has 0 atom stereocenters. The molecule has 6 heteroatoms. The van der Waals surface area contributed by atoms with Crippen molar-refractivity contribution in [3.63, 3.8) is 0 Å². The topological polar surface area (TPSA) is 83.9 Å². The van der Waals surface area contributed by atoms with E-state index < -0.39 is 0 Å². The van der Waals surface area contributed by atoms with E-state index in [2.05, 4.69) is 4.98 Å². The van der Waals surface area contributed by atoms with Crippen LogP contribution in [0.3, 0.4) is 0 Å². The Hall–Kier alpha value is -5.36. The number of fused-ring (bicyclic) bond motifs is 2. The highest BCUT2D eigenvalue weighted by Gasteiger charge is 2.41. The molecule has 0 spiro atoms. The second kappa shape index (κ2) is 9.13. The number of carbonyl (C=O) groups excluding carboxylic acids is 1. The van der Waals surface area contributed by atoms with Crippen molar-refractivity contribution in [2.45, 2.75) is 0 Å². The summed E-state index contributed by atoms with van der Waals surface area (Å²) in [5.74, 6) is 1.07. The Bertz CT molecular complexity index is 1960. The molecule has 0 saturated heterocycles. The third-order valence-corrected chi connectivity index (χ3v) is 7.53. The highest BCUT2D eigenvalue weighted by Crippen LogP contribution is 2.47. The van der Waals surface area contributed by atoms with Gasteiger partial charge in [-0.15, -0.1) is 0 Å². The minimum atomic E-state index is -0.258. The van der Waals surface area contributed by atoms with Crippen LogP contribution in [0.1, 0.15) is 22.4 Å². The molecule has 2 N–H and O–H groups in total. The molecule has 40 heavy (non-hydrogen) atoms. The molecule has 1 aromatic heterocycles. The lowest BCUT2D eigenvalue weighted by molar-refractivity contribution is -0.111. The van der Waals surface area contributed by atoms with Gasteiger partial charge >= 0.3 is 0 Å². The molecule has 0 amide bonds. The van der Waals surface area contributed by atoms with E-state index in [9.17, 15) is 9.90 Å². The smallest absolute Gasteiger partial charge is 0.204 e. The zero-order chi connectivity index (χ0) is 27.4. The van der Waals surface area contributed by atoms with Crippen LogP contribution in [0.5, 0.6) is 11.5 Å². The fraction of sp³-hybridized carbons (Fsp3) is 0.0588. The standard InChI is InChI=1S/C34H24N2O4/c1-39-25-17-9-7-15-23(25)29-19-11-3-5-13-21(19)31(35-29)27-33(37)28(34(27)38)32-22-14-6-4-12-20(22)30(36-32)24-16-8-10-18-26(24)40-2/h3-18,35,37H,1-2H3/b32-28+. The minimum Gasteiger partial charge on any atom is -0.506 e. The van der Waals surface area contributed by atoms with E-state index in [1.54, 1.807) is 14.2 Å². The Morgan fingerprint density at radius 1 is 0.625 bits per heavy atom. The Kier molecular flexibility index (Phi) is 5.42. The Labute approximate surface area is 230 Å². The summed E-state index contributed by atoms with van der Waals surface area (Å²) in [5, 5.41) is 13.2. The molecule has 1 aliphatic heterocycles. The lowest BCUT2D eigenvalue weighted by atomic mass is 9.82. The molecule has 0 bridgehead atoms.